The van der Waals surface area contributed by atoms with E-state index in [1.165, 1.54) is 0 Å². The van der Waals surface area contributed by atoms with Crippen LogP contribution in [0.3, 0.4) is 0 Å². The molecule has 0 aliphatic carbocycles. The molecule has 1 aliphatic rings. The third kappa shape index (κ3) is 5.37. The molecule has 9 heteroatoms. The number of urea groups is 1. The van der Waals surface area contributed by atoms with Crippen molar-refractivity contribution in [1.29, 1.82) is 0 Å². The van der Waals surface area contributed by atoms with E-state index in [4.69, 9.17) is 32.7 Å². The van der Waals surface area contributed by atoms with E-state index >= 15 is 0 Å². The molecule has 2 amide bonds. The van der Waals surface area contributed by atoms with E-state index in [9.17, 15) is 14.4 Å². The number of nitrogens with one attached hydrogen (secondary N) is 2. The van der Waals surface area contributed by atoms with E-state index in [-0.39, 0.29) is 30.9 Å². The molecule has 0 aromatic heterocycles. The van der Waals surface area contributed by atoms with Crippen molar-refractivity contribution < 1.29 is 23.9 Å². The molecule has 2 rings (SSSR count). The average molecular weight is 415 g/mol. The Morgan fingerprint density at radius 2 is 1.81 bits per heavy atom. The van der Waals surface area contributed by atoms with Crippen molar-refractivity contribution in [2.75, 3.05) is 13.2 Å². The average Bonchev–Trinajstić information content (AvgIpc) is 2.62. The number of ether oxygens (including phenoxy) is 2. The number of amides is 2. The molecule has 1 aliphatic heterocycles. The predicted octanol–water partition coefficient (Wildman–Crippen LogP) is 2.99. The van der Waals surface area contributed by atoms with Gasteiger partial charge in [0.15, 0.2) is 0 Å². The van der Waals surface area contributed by atoms with Gasteiger partial charge in [-0.2, -0.15) is 0 Å². The van der Waals surface area contributed by atoms with Crippen LogP contribution in [0.2, 0.25) is 10.0 Å². The van der Waals surface area contributed by atoms with Gasteiger partial charge in [0, 0.05) is 15.6 Å². The molecular weight excluding hydrogens is 395 g/mol. The Hall–Kier alpha value is -2.25. The SMILES string of the molecule is CCOC(=O)C1=C(COC(=O)Cc2c(Cl)cccc2Cl)NC(=O)N[C@@H]1CC. The number of hydrogen-bond acceptors (Lipinski definition) is 5. The highest BCUT2D eigenvalue weighted by Gasteiger charge is 2.32. The van der Waals surface area contributed by atoms with Crippen LogP contribution in [0.1, 0.15) is 25.8 Å². The van der Waals surface area contributed by atoms with Crippen LogP contribution in [-0.2, 0) is 25.5 Å². The minimum atomic E-state index is -0.596. The van der Waals surface area contributed by atoms with Crippen LogP contribution in [0.4, 0.5) is 4.79 Å². The van der Waals surface area contributed by atoms with Gasteiger partial charge in [-0.05, 0) is 25.5 Å². The second kappa shape index (κ2) is 9.62. The third-order valence-electron chi connectivity index (χ3n) is 3.91. The fourth-order valence-corrected chi connectivity index (χ4v) is 3.16. The standard InChI is InChI=1S/C18H20Cl2N2O5/c1-3-13-16(17(24)26-4-2)14(22-18(25)21-13)9-27-15(23)8-10-11(19)6-5-7-12(10)20/h5-7,13H,3-4,8-9H2,1-2H3,(H2,21,22,25)/t13-/m1/s1. The van der Waals surface area contributed by atoms with Crippen molar-refractivity contribution in [1.82, 2.24) is 10.6 Å². The van der Waals surface area contributed by atoms with Crippen LogP contribution in [0.5, 0.6) is 0 Å². The summed E-state index contributed by atoms with van der Waals surface area (Å²) in [5.41, 5.74) is 0.886. The van der Waals surface area contributed by atoms with Crippen LogP contribution in [0.25, 0.3) is 0 Å². The zero-order valence-electron chi connectivity index (χ0n) is 14.9. The van der Waals surface area contributed by atoms with E-state index in [0.29, 0.717) is 22.0 Å². The van der Waals surface area contributed by atoms with Crippen molar-refractivity contribution in [3.8, 4) is 0 Å². The van der Waals surface area contributed by atoms with Crippen LogP contribution in [0, 0.1) is 0 Å². The fraction of sp³-hybridized carbons (Fsp3) is 0.389. The molecule has 27 heavy (non-hydrogen) atoms. The van der Waals surface area contributed by atoms with Crippen LogP contribution < -0.4 is 10.6 Å². The molecule has 0 bridgehead atoms. The van der Waals surface area contributed by atoms with E-state index in [0.717, 1.165) is 0 Å². The number of rotatable bonds is 7. The smallest absolute Gasteiger partial charge is 0.338 e. The monoisotopic (exact) mass is 414 g/mol. The molecule has 0 saturated carbocycles. The molecular formula is C18H20Cl2N2O5. The van der Waals surface area contributed by atoms with Crippen LogP contribution in [-0.4, -0.2) is 37.2 Å². The topological polar surface area (TPSA) is 93.7 Å². The molecule has 0 spiro atoms. The summed E-state index contributed by atoms with van der Waals surface area (Å²) in [5.74, 6) is -1.17. The minimum absolute atomic E-state index is 0.135. The summed E-state index contributed by atoms with van der Waals surface area (Å²) in [6, 6.07) is 3.91. The summed E-state index contributed by atoms with van der Waals surface area (Å²) >= 11 is 12.1. The fourth-order valence-electron chi connectivity index (χ4n) is 2.62. The number of halogens is 2. The Kier molecular flexibility index (Phi) is 7.50. The van der Waals surface area contributed by atoms with Gasteiger partial charge in [0.05, 0.1) is 30.3 Å². The summed E-state index contributed by atoms with van der Waals surface area (Å²) in [6.07, 6.45) is 0.345. The summed E-state index contributed by atoms with van der Waals surface area (Å²) in [5, 5.41) is 5.86. The Labute approximate surface area is 167 Å². The molecule has 7 nitrogen and oxygen atoms in total. The van der Waals surface area contributed by atoms with Gasteiger partial charge in [-0.3, -0.25) is 4.79 Å². The first-order valence-electron chi connectivity index (χ1n) is 8.43. The molecule has 1 heterocycles. The molecule has 1 aromatic rings. The quantitative estimate of drug-likeness (QED) is 0.668. The second-order valence-electron chi connectivity index (χ2n) is 5.71. The van der Waals surface area contributed by atoms with E-state index in [1.54, 1.807) is 25.1 Å². The highest BCUT2D eigenvalue weighted by atomic mass is 35.5. The zero-order chi connectivity index (χ0) is 20.0. The normalized spacial score (nSPS) is 16.4. The van der Waals surface area contributed by atoms with Crippen molar-refractivity contribution in [3.05, 3.63) is 45.1 Å². The number of carbonyl (C=O) groups is 3. The summed E-state index contributed by atoms with van der Waals surface area (Å²) in [4.78, 5) is 36.3. The number of carbonyl (C=O) groups excluding carboxylic acids is 3. The van der Waals surface area contributed by atoms with Crippen molar-refractivity contribution in [2.45, 2.75) is 32.7 Å². The molecule has 0 unspecified atom stereocenters. The summed E-state index contributed by atoms with van der Waals surface area (Å²) in [6.45, 7) is 3.41. The molecule has 0 saturated heterocycles. The molecule has 146 valence electrons. The van der Waals surface area contributed by atoms with Gasteiger partial charge in [-0.25, -0.2) is 9.59 Å². The van der Waals surface area contributed by atoms with Gasteiger partial charge in [0.2, 0.25) is 0 Å². The molecule has 0 fully saturated rings. The van der Waals surface area contributed by atoms with E-state index in [1.807, 2.05) is 6.92 Å². The Bertz CT molecular complexity index is 759. The maximum absolute atomic E-state index is 12.3. The lowest BCUT2D eigenvalue weighted by atomic mass is 10.0. The van der Waals surface area contributed by atoms with E-state index in [2.05, 4.69) is 10.6 Å². The Morgan fingerprint density at radius 1 is 1.15 bits per heavy atom. The first-order valence-corrected chi connectivity index (χ1v) is 9.19. The highest BCUT2D eigenvalue weighted by molar-refractivity contribution is 6.36. The highest BCUT2D eigenvalue weighted by Crippen LogP contribution is 2.25. The maximum atomic E-state index is 12.3. The van der Waals surface area contributed by atoms with Gasteiger partial charge in [0.1, 0.15) is 6.61 Å². The van der Waals surface area contributed by atoms with Crippen molar-refractivity contribution >= 4 is 41.2 Å². The predicted molar refractivity (Wildman–Crippen MR) is 101 cm³/mol. The largest absolute Gasteiger partial charge is 0.463 e. The lowest BCUT2D eigenvalue weighted by molar-refractivity contribution is -0.143. The van der Waals surface area contributed by atoms with E-state index < -0.39 is 24.0 Å². The Balaban J connectivity index is 2.15. The molecule has 1 aromatic carbocycles. The lowest BCUT2D eigenvalue weighted by Gasteiger charge is -2.28. The molecule has 1 atom stereocenters. The third-order valence-corrected chi connectivity index (χ3v) is 4.62. The summed E-state index contributed by atoms with van der Waals surface area (Å²) in [7, 11) is 0. The van der Waals surface area contributed by atoms with Gasteiger partial charge in [-0.1, -0.05) is 36.2 Å². The number of hydrogen-bond donors (Lipinski definition) is 2. The molecule has 0 radical (unpaired) electrons. The van der Waals surface area contributed by atoms with Crippen molar-refractivity contribution in [2.24, 2.45) is 0 Å². The maximum Gasteiger partial charge on any atom is 0.338 e. The Morgan fingerprint density at radius 3 is 2.41 bits per heavy atom. The first kappa shape index (κ1) is 21.1. The zero-order valence-corrected chi connectivity index (χ0v) is 16.4. The van der Waals surface area contributed by atoms with Gasteiger partial charge in [0.25, 0.3) is 0 Å². The van der Waals surface area contributed by atoms with Gasteiger partial charge >= 0.3 is 18.0 Å². The lowest BCUT2D eigenvalue weighted by Crippen LogP contribution is -2.51. The second-order valence-corrected chi connectivity index (χ2v) is 6.52. The van der Waals surface area contributed by atoms with Crippen LogP contribution in [0.15, 0.2) is 29.5 Å². The van der Waals surface area contributed by atoms with Crippen molar-refractivity contribution in [3.63, 3.8) is 0 Å². The van der Waals surface area contributed by atoms with Gasteiger partial charge in [-0.15, -0.1) is 0 Å². The first-order chi connectivity index (χ1) is 12.9. The van der Waals surface area contributed by atoms with Gasteiger partial charge < -0.3 is 20.1 Å². The number of benzene rings is 1. The molecule has 2 N–H and O–H groups in total. The van der Waals surface area contributed by atoms with Crippen LogP contribution >= 0.6 is 23.2 Å². The number of esters is 2. The summed E-state index contributed by atoms with van der Waals surface area (Å²) < 4.78 is 10.3. The minimum Gasteiger partial charge on any atom is -0.463 e.